The summed E-state index contributed by atoms with van der Waals surface area (Å²) in [7, 11) is 0. The summed E-state index contributed by atoms with van der Waals surface area (Å²) in [4.78, 5) is 28.3. The minimum Gasteiger partial charge on any atom is -0.354 e. The van der Waals surface area contributed by atoms with Gasteiger partial charge in [0.1, 0.15) is 11.9 Å². The number of urea groups is 1. The molecule has 0 saturated carbocycles. The fraction of sp³-hybridized carbons (Fsp3) is 0.333. The van der Waals surface area contributed by atoms with Gasteiger partial charge >= 0.3 is 6.03 Å². The number of rotatable bonds is 7. The average molecular weight is 590 g/mol. The molecule has 0 aromatic heterocycles. The summed E-state index contributed by atoms with van der Waals surface area (Å²) in [6.45, 7) is 6.85. The molecule has 0 saturated heterocycles. The quantitative estimate of drug-likeness (QED) is 0.328. The van der Waals surface area contributed by atoms with Crippen molar-refractivity contribution in [2.45, 2.75) is 46.1 Å². The van der Waals surface area contributed by atoms with Gasteiger partial charge in [0, 0.05) is 41.5 Å². The summed E-state index contributed by atoms with van der Waals surface area (Å²) >= 11 is 6.42. The molecular weight excluding hydrogens is 554 g/mol. The highest BCUT2D eigenvalue weighted by atomic mass is 35.5. The van der Waals surface area contributed by atoms with Crippen LogP contribution in [0.25, 0.3) is 0 Å². The number of ether oxygens (including phenoxy) is 1. The highest BCUT2D eigenvalue weighted by molar-refractivity contribution is 6.30. The molecule has 0 radical (unpaired) electrons. The molecule has 7 nitrogen and oxygen atoms in total. The lowest BCUT2D eigenvalue weighted by Gasteiger charge is -2.31. The van der Waals surface area contributed by atoms with E-state index < -0.39 is 24.1 Å². The third-order valence-corrected chi connectivity index (χ3v) is 6.61. The van der Waals surface area contributed by atoms with Crippen LogP contribution in [0.15, 0.2) is 66.7 Å². The van der Waals surface area contributed by atoms with Crippen molar-refractivity contribution in [3.63, 3.8) is 0 Å². The summed E-state index contributed by atoms with van der Waals surface area (Å²) in [5.41, 5.74) is 9.23. The summed E-state index contributed by atoms with van der Waals surface area (Å²) in [5.74, 6) is -0.683. The van der Waals surface area contributed by atoms with E-state index in [0.29, 0.717) is 29.4 Å². The van der Waals surface area contributed by atoms with Gasteiger partial charge in [0.15, 0.2) is 6.10 Å². The number of anilines is 1. The smallest absolute Gasteiger partial charge is 0.315 e. The van der Waals surface area contributed by atoms with Gasteiger partial charge in [-0.05, 0) is 40.8 Å². The van der Waals surface area contributed by atoms with E-state index in [0.717, 1.165) is 16.7 Å². The molecular formula is C30H35Cl2FN4O3. The first-order valence-electron chi connectivity index (χ1n) is 12.9. The van der Waals surface area contributed by atoms with E-state index in [4.69, 9.17) is 22.1 Å². The van der Waals surface area contributed by atoms with Crippen LogP contribution < -0.4 is 21.3 Å². The van der Waals surface area contributed by atoms with E-state index in [1.165, 1.54) is 6.07 Å². The zero-order valence-electron chi connectivity index (χ0n) is 22.7. The summed E-state index contributed by atoms with van der Waals surface area (Å²) in [6.07, 6.45) is -1.63. The summed E-state index contributed by atoms with van der Waals surface area (Å²) < 4.78 is 20.4. The van der Waals surface area contributed by atoms with Gasteiger partial charge < -0.3 is 26.0 Å². The molecule has 10 heteroatoms. The molecule has 3 aromatic rings. The summed E-state index contributed by atoms with van der Waals surface area (Å²) in [5, 5.41) is 5.88. The normalized spacial score (nSPS) is 16.9. The van der Waals surface area contributed by atoms with Crippen molar-refractivity contribution in [2.24, 2.45) is 11.1 Å². The molecule has 1 aliphatic heterocycles. The molecule has 1 aliphatic rings. The van der Waals surface area contributed by atoms with Crippen molar-refractivity contribution in [1.29, 1.82) is 0 Å². The van der Waals surface area contributed by atoms with Gasteiger partial charge in [-0.1, -0.05) is 74.8 Å². The average Bonchev–Trinajstić information content (AvgIpc) is 3.00. The van der Waals surface area contributed by atoms with E-state index >= 15 is 0 Å². The lowest BCUT2D eigenvalue weighted by molar-refractivity contribution is -0.131. The van der Waals surface area contributed by atoms with Crippen LogP contribution >= 0.6 is 24.0 Å². The molecule has 2 atom stereocenters. The molecule has 3 amide bonds. The monoisotopic (exact) mass is 588 g/mol. The maximum atomic E-state index is 13.9. The van der Waals surface area contributed by atoms with Gasteiger partial charge in [-0.25, -0.2) is 9.18 Å². The van der Waals surface area contributed by atoms with Crippen LogP contribution in [0.4, 0.5) is 14.9 Å². The number of benzene rings is 3. The molecule has 4 N–H and O–H groups in total. The largest absolute Gasteiger partial charge is 0.354 e. The fourth-order valence-corrected chi connectivity index (χ4v) is 4.73. The molecule has 214 valence electrons. The van der Waals surface area contributed by atoms with Crippen LogP contribution in [0, 0.1) is 11.2 Å². The van der Waals surface area contributed by atoms with E-state index in [-0.39, 0.29) is 36.8 Å². The number of nitrogens with one attached hydrogen (secondary N) is 2. The second kappa shape index (κ2) is 13.5. The molecule has 2 unspecified atom stereocenters. The zero-order chi connectivity index (χ0) is 28.2. The zero-order valence-corrected chi connectivity index (χ0v) is 24.3. The number of amides is 3. The predicted octanol–water partition coefficient (Wildman–Crippen LogP) is 5.73. The van der Waals surface area contributed by atoms with Gasteiger partial charge in [-0.15, -0.1) is 12.4 Å². The molecule has 0 fully saturated rings. The van der Waals surface area contributed by atoms with Crippen molar-refractivity contribution in [1.82, 2.24) is 10.6 Å². The number of halogens is 3. The minimum atomic E-state index is -0.996. The maximum absolute atomic E-state index is 13.9. The molecule has 4 rings (SSSR count). The van der Waals surface area contributed by atoms with Gasteiger partial charge in [0.25, 0.3) is 5.91 Å². The molecule has 0 spiro atoms. The van der Waals surface area contributed by atoms with Crippen LogP contribution in [0.3, 0.4) is 0 Å². The second-order valence-electron chi connectivity index (χ2n) is 10.8. The Balaban J connectivity index is 0.00000441. The molecule has 1 heterocycles. The number of hydrogen-bond donors (Lipinski definition) is 3. The Labute approximate surface area is 245 Å². The summed E-state index contributed by atoms with van der Waals surface area (Å²) in [6, 6.07) is 18.8. The topological polar surface area (TPSA) is 96.7 Å². The Hall–Kier alpha value is -3.17. The van der Waals surface area contributed by atoms with Crippen LogP contribution in [-0.2, 0) is 22.6 Å². The Morgan fingerprint density at radius 1 is 1.07 bits per heavy atom. The van der Waals surface area contributed by atoms with Crippen molar-refractivity contribution >= 4 is 41.6 Å². The number of fused-ring (bicyclic) bond motifs is 1. The molecule has 0 bridgehead atoms. The number of carbonyl (C=O) groups excluding carboxylic acids is 2. The minimum absolute atomic E-state index is 0. The Bertz CT molecular complexity index is 1350. The van der Waals surface area contributed by atoms with Crippen molar-refractivity contribution < 1.29 is 18.7 Å². The van der Waals surface area contributed by atoms with Gasteiger partial charge in [-0.3, -0.25) is 4.79 Å². The Morgan fingerprint density at radius 3 is 2.52 bits per heavy atom. The van der Waals surface area contributed by atoms with Crippen molar-refractivity contribution in [2.75, 3.05) is 18.0 Å². The molecule has 0 aliphatic carbocycles. The predicted molar refractivity (Wildman–Crippen MR) is 158 cm³/mol. The first-order chi connectivity index (χ1) is 18.6. The van der Waals surface area contributed by atoms with Gasteiger partial charge in [0.05, 0.1) is 6.54 Å². The van der Waals surface area contributed by atoms with E-state index in [1.54, 1.807) is 29.2 Å². The number of carbonyl (C=O) groups is 2. The highest BCUT2D eigenvalue weighted by Crippen LogP contribution is 2.40. The fourth-order valence-electron chi connectivity index (χ4n) is 4.55. The first-order valence-corrected chi connectivity index (χ1v) is 13.2. The maximum Gasteiger partial charge on any atom is 0.315 e. The lowest BCUT2D eigenvalue weighted by Crippen LogP contribution is -2.49. The van der Waals surface area contributed by atoms with Crippen molar-refractivity contribution in [3.05, 3.63) is 99.8 Å². The van der Waals surface area contributed by atoms with Crippen LogP contribution in [0.2, 0.25) is 5.02 Å². The number of hydrogen-bond acceptors (Lipinski definition) is 4. The van der Waals surface area contributed by atoms with E-state index in [1.807, 2.05) is 57.2 Å². The lowest BCUT2D eigenvalue weighted by atomic mass is 9.94. The Morgan fingerprint density at radius 2 is 1.82 bits per heavy atom. The van der Waals surface area contributed by atoms with Crippen LogP contribution in [0.5, 0.6) is 0 Å². The van der Waals surface area contributed by atoms with Crippen LogP contribution in [0.1, 0.15) is 49.1 Å². The third-order valence-electron chi connectivity index (χ3n) is 6.37. The highest BCUT2D eigenvalue weighted by Gasteiger charge is 2.38. The third kappa shape index (κ3) is 7.73. The van der Waals surface area contributed by atoms with E-state index in [9.17, 15) is 14.0 Å². The standard InChI is InChI=1S/C30H34ClFN4O3.ClH/c1-30(2,3)18-36-25-12-11-22(31)14-23(25)27(20-9-6-7-19(13-20)15-33)39-26(28(36)37)17-35-29(38)34-16-21-8-4-5-10-24(21)32;/h4-14,26-27H,15-18,33H2,1-3H3,(H2,34,35,38);1H. The van der Waals surface area contributed by atoms with Crippen LogP contribution in [-0.4, -0.2) is 31.1 Å². The molecule has 40 heavy (non-hydrogen) atoms. The van der Waals surface area contributed by atoms with E-state index in [2.05, 4.69) is 10.6 Å². The van der Waals surface area contributed by atoms with Crippen molar-refractivity contribution in [3.8, 4) is 0 Å². The second-order valence-corrected chi connectivity index (χ2v) is 11.2. The van der Waals surface area contributed by atoms with Gasteiger partial charge in [-0.2, -0.15) is 0 Å². The number of nitrogens with two attached hydrogens (primary N) is 1. The molecule has 3 aromatic carbocycles. The Kier molecular flexibility index (Phi) is 10.6. The first kappa shape index (κ1) is 31.4. The van der Waals surface area contributed by atoms with Gasteiger partial charge in [0.2, 0.25) is 0 Å². The number of nitrogens with zero attached hydrogens (tertiary/aromatic N) is 1. The SMILES string of the molecule is CC(C)(C)CN1C(=O)C(CNC(=O)NCc2ccccc2F)OC(c2cccc(CN)c2)c2cc(Cl)ccc21.Cl.